The third-order valence-electron chi connectivity index (χ3n) is 2.85. The van der Waals surface area contributed by atoms with Gasteiger partial charge in [0.05, 0.1) is 5.25 Å². The van der Waals surface area contributed by atoms with Crippen LogP contribution in [-0.4, -0.2) is 13.7 Å². The Bertz CT molecular complexity index is 426. The minimum Gasteiger partial charge on any atom is -0.382 e. The minimum atomic E-state index is -3.51. The molecule has 0 aliphatic rings. The zero-order valence-corrected chi connectivity index (χ0v) is 11.9. The summed E-state index contributed by atoms with van der Waals surface area (Å²) in [6.07, 6.45) is 4.11. The number of para-hydroxylation sites is 1. The SMILES string of the molecule is CCCCC(CCC)S(=O)(=O)Oc1ccccc1. The van der Waals surface area contributed by atoms with Gasteiger partial charge in [0, 0.05) is 0 Å². The lowest BCUT2D eigenvalue weighted by atomic mass is 10.1. The van der Waals surface area contributed by atoms with E-state index in [0.717, 1.165) is 19.3 Å². The molecule has 0 fully saturated rings. The molecule has 0 spiro atoms. The van der Waals surface area contributed by atoms with Gasteiger partial charge in [-0.3, -0.25) is 0 Å². The maximum Gasteiger partial charge on any atom is 0.312 e. The van der Waals surface area contributed by atoms with Gasteiger partial charge in [-0.1, -0.05) is 51.3 Å². The van der Waals surface area contributed by atoms with Crippen molar-refractivity contribution in [3.63, 3.8) is 0 Å². The highest BCUT2D eigenvalue weighted by atomic mass is 32.2. The molecule has 3 nitrogen and oxygen atoms in total. The van der Waals surface area contributed by atoms with E-state index < -0.39 is 10.1 Å². The molecule has 0 aliphatic carbocycles. The van der Waals surface area contributed by atoms with Gasteiger partial charge in [-0.15, -0.1) is 0 Å². The van der Waals surface area contributed by atoms with Gasteiger partial charge in [0.25, 0.3) is 0 Å². The van der Waals surface area contributed by atoms with E-state index in [0.29, 0.717) is 18.6 Å². The van der Waals surface area contributed by atoms with E-state index in [1.807, 2.05) is 13.0 Å². The van der Waals surface area contributed by atoms with Crippen LogP contribution in [-0.2, 0) is 10.1 Å². The predicted octanol–water partition coefficient (Wildman–Crippen LogP) is 3.75. The van der Waals surface area contributed by atoms with Gasteiger partial charge in [-0.25, -0.2) is 0 Å². The third-order valence-corrected chi connectivity index (χ3v) is 4.57. The highest BCUT2D eigenvalue weighted by molar-refractivity contribution is 7.87. The van der Waals surface area contributed by atoms with Crippen molar-refractivity contribution in [1.82, 2.24) is 0 Å². The van der Waals surface area contributed by atoms with Crippen LogP contribution < -0.4 is 4.18 Å². The Morgan fingerprint density at radius 2 is 1.72 bits per heavy atom. The van der Waals surface area contributed by atoms with Crippen molar-refractivity contribution in [3.8, 4) is 5.75 Å². The molecule has 0 bridgehead atoms. The molecule has 4 heteroatoms. The Morgan fingerprint density at radius 3 is 2.28 bits per heavy atom. The Balaban J connectivity index is 2.75. The van der Waals surface area contributed by atoms with Crippen molar-refractivity contribution in [2.24, 2.45) is 0 Å². The summed E-state index contributed by atoms with van der Waals surface area (Å²) < 4.78 is 29.5. The van der Waals surface area contributed by atoms with Gasteiger partial charge in [0.2, 0.25) is 0 Å². The first-order chi connectivity index (χ1) is 8.60. The third kappa shape index (κ3) is 4.69. The van der Waals surface area contributed by atoms with Gasteiger partial charge < -0.3 is 4.18 Å². The molecule has 0 N–H and O–H groups in total. The van der Waals surface area contributed by atoms with E-state index >= 15 is 0 Å². The van der Waals surface area contributed by atoms with E-state index in [2.05, 4.69) is 6.92 Å². The molecule has 0 saturated heterocycles. The normalized spacial score (nSPS) is 13.2. The topological polar surface area (TPSA) is 43.4 Å². The molecule has 0 heterocycles. The quantitative estimate of drug-likeness (QED) is 0.676. The lowest BCUT2D eigenvalue weighted by Crippen LogP contribution is -2.26. The molecule has 1 atom stereocenters. The Hall–Kier alpha value is -1.03. The first kappa shape index (κ1) is 15.0. The second-order valence-corrected chi connectivity index (χ2v) is 6.26. The first-order valence-electron chi connectivity index (χ1n) is 6.58. The Labute approximate surface area is 110 Å². The summed E-state index contributed by atoms with van der Waals surface area (Å²) in [5.74, 6) is 0.398. The smallest absolute Gasteiger partial charge is 0.312 e. The number of rotatable bonds is 8. The maximum atomic E-state index is 12.2. The van der Waals surface area contributed by atoms with Gasteiger partial charge >= 0.3 is 10.1 Å². The maximum absolute atomic E-state index is 12.2. The average molecular weight is 270 g/mol. The average Bonchev–Trinajstić information content (AvgIpc) is 2.35. The van der Waals surface area contributed by atoms with Crippen molar-refractivity contribution in [2.45, 2.75) is 51.2 Å². The van der Waals surface area contributed by atoms with Crippen LogP contribution in [0.5, 0.6) is 5.75 Å². The van der Waals surface area contributed by atoms with Crippen molar-refractivity contribution < 1.29 is 12.6 Å². The number of hydrogen-bond acceptors (Lipinski definition) is 3. The summed E-state index contributed by atoms with van der Waals surface area (Å²) in [5, 5.41) is -0.386. The molecule has 18 heavy (non-hydrogen) atoms. The molecule has 0 aromatic heterocycles. The first-order valence-corrected chi connectivity index (χ1v) is 8.05. The van der Waals surface area contributed by atoms with Crippen LogP contribution in [0.15, 0.2) is 30.3 Å². The van der Waals surface area contributed by atoms with Gasteiger partial charge in [0.1, 0.15) is 5.75 Å². The standard InChI is InChI=1S/C14H22O3S/c1-3-5-12-14(9-4-2)18(15,16)17-13-10-7-6-8-11-13/h6-8,10-11,14H,3-5,9,12H2,1-2H3. The fourth-order valence-electron chi connectivity index (χ4n) is 1.86. The molecule has 102 valence electrons. The lowest BCUT2D eigenvalue weighted by Gasteiger charge is -2.16. The monoisotopic (exact) mass is 270 g/mol. The van der Waals surface area contributed by atoms with Crippen LogP contribution >= 0.6 is 0 Å². The molecule has 1 unspecified atom stereocenters. The second kappa shape index (κ2) is 7.41. The summed E-state index contributed by atoms with van der Waals surface area (Å²) in [6, 6.07) is 8.71. The lowest BCUT2D eigenvalue weighted by molar-refractivity contribution is 0.455. The van der Waals surface area contributed by atoms with E-state index in [4.69, 9.17) is 4.18 Å². The van der Waals surface area contributed by atoms with Crippen molar-refractivity contribution >= 4 is 10.1 Å². The summed E-state index contributed by atoms with van der Waals surface area (Å²) in [6.45, 7) is 4.06. The minimum absolute atomic E-state index is 0.386. The van der Waals surface area contributed by atoms with Crippen molar-refractivity contribution in [3.05, 3.63) is 30.3 Å². The fraction of sp³-hybridized carbons (Fsp3) is 0.571. The number of benzene rings is 1. The summed E-state index contributed by atoms with van der Waals surface area (Å²) in [5.41, 5.74) is 0. The highest BCUT2D eigenvalue weighted by Crippen LogP contribution is 2.20. The summed E-state index contributed by atoms with van der Waals surface area (Å²) >= 11 is 0. The van der Waals surface area contributed by atoms with Crippen LogP contribution in [0.3, 0.4) is 0 Å². The molecule has 0 amide bonds. The molecule has 0 aliphatic heterocycles. The molecule has 0 radical (unpaired) electrons. The van der Waals surface area contributed by atoms with Gasteiger partial charge in [-0.05, 0) is 25.0 Å². The molecule has 1 aromatic rings. The Morgan fingerprint density at radius 1 is 1.06 bits per heavy atom. The second-order valence-electron chi connectivity index (χ2n) is 4.44. The summed E-state index contributed by atoms with van der Waals surface area (Å²) in [4.78, 5) is 0. The molecule has 1 rings (SSSR count). The number of unbranched alkanes of at least 4 members (excludes halogenated alkanes) is 1. The zero-order chi connectivity index (χ0) is 13.4. The zero-order valence-electron chi connectivity index (χ0n) is 11.1. The van der Waals surface area contributed by atoms with Crippen LogP contribution in [0.25, 0.3) is 0 Å². The molecule has 1 aromatic carbocycles. The van der Waals surface area contributed by atoms with E-state index in [1.165, 1.54) is 0 Å². The summed E-state index contributed by atoms with van der Waals surface area (Å²) in [7, 11) is -3.51. The molecule has 0 saturated carbocycles. The van der Waals surface area contributed by atoms with E-state index in [1.54, 1.807) is 24.3 Å². The predicted molar refractivity (Wildman–Crippen MR) is 74.2 cm³/mol. The van der Waals surface area contributed by atoms with Crippen LogP contribution in [0.4, 0.5) is 0 Å². The fourth-order valence-corrected chi connectivity index (χ4v) is 3.36. The largest absolute Gasteiger partial charge is 0.382 e. The van der Waals surface area contributed by atoms with Gasteiger partial charge in [-0.2, -0.15) is 8.42 Å². The van der Waals surface area contributed by atoms with Crippen LogP contribution in [0.1, 0.15) is 46.0 Å². The van der Waals surface area contributed by atoms with E-state index in [-0.39, 0.29) is 5.25 Å². The highest BCUT2D eigenvalue weighted by Gasteiger charge is 2.26. The van der Waals surface area contributed by atoms with Crippen molar-refractivity contribution in [1.29, 1.82) is 0 Å². The van der Waals surface area contributed by atoms with E-state index in [9.17, 15) is 8.42 Å². The van der Waals surface area contributed by atoms with Crippen molar-refractivity contribution in [2.75, 3.05) is 0 Å². The molecular weight excluding hydrogens is 248 g/mol. The number of hydrogen-bond donors (Lipinski definition) is 0. The Kier molecular flexibility index (Phi) is 6.19. The molecular formula is C14H22O3S. The van der Waals surface area contributed by atoms with Crippen LogP contribution in [0, 0.1) is 0 Å². The van der Waals surface area contributed by atoms with Crippen LogP contribution in [0.2, 0.25) is 0 Å². The van der Waals surface area contributed by atoms with Gasteiger partial charge in [0.15, 0.2) is 0 Å².